The van der Waals surface area contributed by atoms with Crippen LogP contribution in [0.1, 0.15) is 37.4 Å². The van der Waals surface area contributed by atoms with Gasteiger partial charge in [0.2, 0.25) is 0 Å². The molecule has 0 amide bonds. The van der Waals surface area contributed by atoms with Gasteiger partial charge in [-0.05, 0) is 37.1 Å². The van der Waals surface area contributed by atoms with Gasteiger partial charge in [0, 0.05) is 18.0 Å². The summed E-state index contributed by atoms with van der Waals surface area (Å²) in [6.45, 7) is 4.30. The molecule has 0 radical (unpaired) electrons. The average molecular weight is 450 g/mol. The molecule has 1 atom stereocenters. The van der Waals surface area contributed by atoms with Crippen LogP contribution >= 0.6 is 11.3 Å². The molecular formula is C24H23N3O4S. The van der Waals surface area contributed by atoms with E-state index in [1.807, 2.05) is 43.3 Å². The molecule has 1 aliphatic heterocycles. The van der Waals surface area contributed by atoms with E-state index in [0.29, 0.717) is 38.5 Å². The minimum absolute atomic E-state index is 0.234. The Hall–Kier alpha value is -3.52. The van der Waals surface area contributed by atoms with Crippen LogP contribution in [0, 0.1) is 0 Å². The summed E-state index contributed by atoms with van der Waals surface area (Å²) in [5.74, 6) is 0.0976. The molecule has 164 valence electrons. The van der Waals surface area contributed by atoms with Crippen molar-refractivity contribution >= 4 is 23.4 Å². The maximum absolute atomic E-state index is 13.5. The second kappa shape index (κ2) is 9.32. The molecule has 32 heavy (non-hydrogen) atoms. The van der Waals surface area contributed by atoms with Gasteiger partial charge < -0.3 is 9.47 Å². The minimum atomic E-state index is -0.706. The molecule has 0 fully saturated rings. The van der Waals surface area contributed by atoms with Crippen LogP contribution in [0.2, 0.25) is 0 Å². The summed E-state index contributed by atoms with van der Waals surface area (Å²) in [7, 11) is 1.33. The van der Waals surface area contributed by atoms with Crippen LogP contribution in [0.25, 0.3) is 6.08 Å². The lowest BCUT2D eigenvalue weighted by atomic mass is 9.95. The van der Waals surface area contributed by atoms with Crippen molar-refractivity contribution in [1.29, 1.82) is 0 Å². The van der Waals surface area contributed by atoms with E-state index < -0.39 is 12.0 Å². The van der Waals surface area contributed by atoms with Crippen molar-refractivity contribution in [3.8, 4) is 5.75 Å². The van der Waals surface area contributed by atoms with Gasteiger partial charge in [0.1, 0.15) is 11.8 Å². The van der Waals surface area contributed by atoms with E-state index in [0.717, 1.165) is 12.0 Å². The second-order valence-electron chi connectivity index (χ2n) is 7.25. The third-order valence-electron chi connectivity index (χ3n) is 5.08. The summed E-state index contributed by atoms with van der Waals surface area (Å²) in [6, 6.07) is 10.4. The highest BCUT2D eigenvalue weighted by atomic mass is 32.1. The highest BCUT2D eigenvalue weighted by Crippen LogP contribution is 2.35. The van der Waals surface area contributed by atoms with Gasteiger partial charge >= 0.3 is 5.97 Å². The number of carbonyl (C=O) groups is 1. The Bertz CT molecular complexity index is 1360. The molecule has 3 aromatic rings. The summed E-state index contributed by atoms with van der Waals surface area (Å²) in [4.78, 5) is 35.5. The van der Waals surface area contributed by atoms with Crippen molar-refractivity contribution in [1.82, 2.24) is 9.55 Å². The fourth-order valence-corrected chi connectivity index (χ4v) is 4.70. The molecule has 2 aromatic heterocycles. The average Bonchev–Trinajstić information content (AvgIpc) is 3.11. The molecule has 8 heteroatoms. The fraction of sp³-hybridized carbons (Fsp3) is 0.250. The van der Waals surface area contributed by atoms with Crippen molar-refractivity contribution in [2.24, 2.45) is 4.99 Å². The van der Waals surface area contributed by atoms with Crippen LogP contribution in [0.15, 0.2) is 69.8 Å². The summed E-state index contributed by atoms with van der Waals surface area (Å²) < 4.78 is 13.1. The molecule has 0 N–H and O–H groups in total. The van der Waals surface area contributed by atoms with E-state index in [2.05, 4.69) is 9.98 Å². The number of para-hydroxylation sites is 1. The zero-order chi connectivity index (χ0) is 22.7. The third kappa shape index (κ3) is 4.01. The second-order valence-corrected chi connectivity index (χ2v) is 8.26. The number of pyridine rings is 1. The predicted octanol–water partition coefficient (Wildman–Crippen LogP) is 2.59. The molecular weight excluding hydrogens is 426 g/mol. The van der Waals surface area contributed by atoms with Crippen LogP contribution < -0.4 is 19.6 Å². The number of hydrogen-bond donors (Lipinski definition) is 0. The number of aromatic nitrogens is 2. The number of allylic oxidation sites excluding steroid dienone is 1. The minimum Gasteiger partial charge on any atom is -0.493 e. The number of hydrogen-bond acceptors (Lipinski definition) is 7. The smallest absolute Gasteiger partial charge is 0.338 e. The van der Waals surface area contributed by atoms with Gasteiger partial charge in [0.25, 0.3) is 5.56 Å². The van der Waals surface area contributed by atoms with Crippen LogP contribution in [0.4, 0.5) is 0 Å². The van der Waals surface area contributed by atoms with Gasteiger partial charge in [-0.1, -0.05) is 42.5 Å². The Morgan fingerprint density at radius 2 is 2.06 bits per heavy atom. The zero-order valence-electron chi connectivity index (χ0n) is 18.1. The molecule has 3 heterocycles. The molecule has 1 aliphatic rings. The summed E-state index contributed by atoms with van der Waals surface area (Å²) in [6.07, 6.45) is 5.98. The lowest BCUT2D eigenvalue weighted by molar-refractivity contribution is -0.136. The lowest BCUT2D eigenvalue weighted by Crippen LogP contribution is -2.40. The number of nitrogens with zero attached hydrogens (tertiary/aromatic N) is 3. The number of thiazole rings is 1. The summed E-state index contributed by atoms with van der Waals surface area (Å²) >= 11 is 1.28. The van der Waals surface area contributed by atoms with E-state index >= 15 is 0 Å². The van der Waals surface area contributed by atoms with Crippen LogP contribution in [-0.2, 0) is 9.53 Å². The van der Waals surface area contributed by atoms with Crippen LogP contribution in [0.5, 0.6) is 5.75 Å². The van der Waals surface area contributed by atoms with E-state index in [4.69, 9.17) is 9.47 Å². The predicted molar refractivity (Wildman–Crippen MR) is 122 cm³/mol. The van der Waals surface area contributed by atoms with E-state index in [-0.39, 0.29) is 5.56 Å². The van der Waals surface area contributed by atoms with Gasteiger partial charge in [0.15, 0.2) is 4.80 Å². The van der Waals surface area contributed by atoms with E-state index in [1.54, 1.807) is 30.0 Å². The molecule has 0 saturated heterocycles. The first-order chi connectivity index (χ1) is 15.5. The SMILES string of the molecule is CCCOc1ccccc1C1C(C(=O)OC)=C(C)N=c2s/c(=C\c3cccnc3)c(=O)n21. The van der Waals surface area contributed by atoms with Crippen molar-refractivity contribution in [3.63, 3.8) is 0 Å². The lowest BCUT2D eigenvalue weighted by Gasteiger charge is -2.26. The van der Waals surface area contributed by atoms with Gasteiger partial charge in [-0.2, -0.15) is 0 Å². The molecule has 0 aliphatic carbocycles. The Kier molecular flexibility index (Phi) is 6.32. The fourth-order valence-electron chi connectivity index (χ4n) is 3.65. The first kappa shape index (κ1) is 21.7. The van der Waals surface area contributed by atoms with Crippen molar-refractivity contribution in [3.05, 3.63) is 90.9 Å². The molecule has 0 saturated carbocycles. The van der Waals surface area contributed by atoms with Gasteiger partial charge in [0.05, 0.1) is 29.5 Å². The third-order valence-corrected chi connectivity index (χ3v) is 6.07. The molecule has 0 bridgehead atoms. The van der Waals surface area contributed by atoms with E-state index in [9.17, 15) is 9.59 Å². The highest BCUT2D eigenvalue weighted by Gasteiger charge is 2.34. The highest BCUT2D eigenvalue weighted by molar-refractivity contribution is 7.07. The number of rotatable bonds is 6. The molecule has 1 aromatic carbocycles. The van der Waals surface area contributed by atoms with Gasteiger partial charge in [-0.15, -0.1) is 0 Å². The molecule has 7 nitrogen and oxygen atoms in total. The number of esters is 1. The first-order valence-electron chi connectivity index (χ1n) is 10.3. The normalized spacial score (nSPS) is 15.8. The maximum Gasteiger partial charge on any atom is 0.338 e. The van der Waals surface area contributed by atoms with Crippen molar-refractivity contribution < 1.29 is 14.3 Å². The van der Waals surface area contributed by atoms with Crippen LogP contribution in [-0.4, -0.2) is 29.2 Å². The van der Waals surface area contributed by atoms with Gasteiger partial charge in [-0.3, -0.25) is 14.3 Å². The molecule has 4 rings (SSSR count). The van der Waals surface area contributed by atoms with Gasteiger partial charge in [-0.25, -0.2) is 9.79 Å². The molecule has 0 spiro atoms. The quantitative estimate of drug-likeness (QED) is 0.540. The van der Waals surface area contributed by atoms with Crippen molar-refractivity contribution in [2.75, 3.05) is 13.7 Å². The number of ether oxygens (including phenoxy) is 2. The number of carbonyl (C=O) groups excluding carboxylic acids is 1. The number of benzene rings is 1. The monoisotopic (exact) mass is 449 g/mol. The number of methoxy groups -OCH3 is 1. The largest absolute Gasteiger partial charge is 0.493 e. The molecule has 1 unspecified atom stereocenters. The Morgan fingerprint density at radius 1 is 1.25 bits per heavy atom. The summed E-state index contributed by atoms with van der Waals surface area (Å²) in [5, 5.41) is 0. The topological polar surface area (TPSA) is 82.8 Å². The Morgan fingerprint density at radius 3 is 2.78 bits per heavy atom. The van der Waals surface area contributed by atoms with Crippen LogP contribution in [0.3, 0.4) is 0 Å². The Labute approximate surface area is 189 Å². The Balaban J connectivity index is 1.98. The maximum atomic E-state index is 13.5. The first-order valence-corrected chi connectivity index (χ1v) is 11.1. The van der Waals surface area contributed by atoms with Crippen molar-refractivity contribution in [2.45, 2.75) is 26.3 Å². The zero-order valence-corrected chi connectivity index (χ0v) is 18.9. The number of fused-ring (bicyclic) bond motifs is 1. The standard InChI is InChI=1S/C24H23N3O4S/c1-4-12-31-18-10-6-5-9-17(18)21-20(23(29)30-3)15(2)26-24-27(21)22(28)19(32-24)13-16-8-7-11-25-14-16/h5-11,13-14,21H,4,12H2,1-3H3/b19-13-. The van der Waals surface area contributed by atoms with E-state index in [1.165, 1.54) is 18.4 Å². The summed E-state index contributed by atoms with van der Waals surface area (Å²) in [5.41, 5.74) is 2.12.